The average molecular weight is 453 g/mol. The predicted octanol–water partition coefficient (Wildman–Crippen LogP) is 4.93. The molecule has 1 N–H and O–H groups in total. The summed E-state index contributed by atoms with van der Waals surface area (Å²) in [6.45, 7) is 12.9. The van der Waals surface area contributed by atoms with E-state index in [1.165, 1.54) is 23.4 Å². The second-order valence-electron chi connectivity index (χ2n) is 9.46. The van der Waals surface area contributed by atoms with Crippen LogP contribution in [0.25, 0.3) is 0 Å². The smallest absolute Gasteiger partial charge is 0.310 e. The van der Waals surface area contributed by atoms with E-state index >= 15 is 0 Å². The molecular weight excluding hydrogens is 420 g/mol. The van der Waals surface area contributed by atoms with E-state index in [-0.39, 0.29) is 23.6 Å². The molecule has 0 unspecified atom stereocenters. The first-order valence-electron chi connectivity index (χ1n) is 11.1. The molecule has 8 heteroatoms. The topological polar surface area (TPSA) is 97.1 Å². The molecule has 0 aliphatic carbocycles. The normalized spacial score (nSPS) is 17.2. The van der Waals surface area contributed by atoms with Gasteiger partial charge in [-0.25, -0.2) is 5.43 Å². The van der Waals surface area contributed by atoms with Gasteiger partial charge in [-0.05, 0) is 81.8 Å². The van der Waals surface area contributed by atoms with Crippen molar-refractivity contribution >= 4 is 23.5 Å². The van der Waals surface area contributed by atoms with Gasteiger partial charge in [0.1, 0.15) is 0 Å². The molecule has 0 bridgehead atoms. The first kappa shape index (κ1) is 24.2. The zero-order valence-electron chi connectivity index (χ0n) is 20.1. The number of rotatable bonds is 7. The van der Waals surface area contributed by atoms with Crippen LogP contribution in [0, 0.1) is 17.0 Å². The lowest BCUT2D eigenvalue weighted by atomic mass is 9.78. The molecular formula is C25H32N4O4. The number of nitrogens with one attached hydrogen (secondary N) is 1. The van der Waals surface area contributed by atoms with Crippen LogP contribution in [0.4, 0.5) is 11.4 Å². The molecule has 2 aromatic carbocycles. The molecule has 1 amide bonds. The van der Waals surface area contributed by atoms with Crippen LogP contribution in [0.1, 0.15) is 63.6 Å². The number of aryl methyl sites for hydroxylation is 1. The Hall–Kier alpha value is -3.42. The Morgan fingerprint density at radius 2 is 2.06 bits per heavy atom. The largest absolute Gasteiger partial charge is 0.477 e. The first-order valence-corrected chi connectivity index (χ1v) is 11.1. The van der Waals surface area contributed by atoms with Crippen molar-refractivity contribution < 1.29 is 14.5 Å². The van der Waals surface area contributed by atoms with Gasteiger partial charge in [-0.1, -0.05) is 19.1 Å². The van der Waals surface area contributed by atoms with Crippen molar-refractivity contribution in [3.63, 3.8) is 0 Å². The minimum atomic E-state index is -0.549. The Labute approximate surface area is 194 Å². The summed E-state index contributed by atoms with van der Waals surface area (Å²) in [7, 11) is 0. The van der Waals surface area contributed by atoms with E-state index in [2.05, 4.69) is 62.2 Å². The summed E-state index contributed by atoms with van der Waals surface area (Å²) in [4.78, 5) is 25.1. The maximum Gasteiger partial charge on any atom is 0.310 e. The number of hydrogen-bond donors (Lipinski definition) is 1. The first-order chi connectivity index (χ1) is 15.5. The number of carbonyl (C=O) groups excluding carboxylic acids is 1. The molecule has 33 heavy (non-hydrogen) atoms. The molecule has 0 radical (unpaired) electrons. The number of nitrogens with zero attached hydrogens (tertiary/aromatic N) is 3. The molecule has 1 heterocycles. The summed E-state index contributed by atoms with van der Waals surface area (Å²) in [6, 6.07) is 10.7. The maximum atomic E-state index is 12.1. The molecule has 1 aliphatic rings. The van der Waals surface area contributed by atoms with E-state index in [0.717, 1.165) is 17.5 Å². The number of hydrogen-bond acceptors (Lipinski definition) is 6. The molecule has 176 valence electrons. The lowest BCUT2D eigenvalue weighted by Crippen LogP contribution is -2.51. The molecule has 0 fully saturated rings. The molecule has 1 aliphatic heterocycles. The third-order valence-electron chi connectivity index (χ3n) is 5.99. The van der Waals surface area contributed by atoms with Crippen molar-refractivity contribution in [2.75, 3.05) is 11.5 Å². The quantitative estimate of drug-likeness (QED) is 0.365. The van der Waals surface area contributed by atoms with Crippen molar-refractivity contribution in [1.29, 1.82) is 0 Å². The Bertz CT molecular complexity index is 1080. The van der Waals surface area contributed by atoms with Crippen LogP contribution in [0.2, 0.25) is 0 Å². The summed E-state index contributed by atoms with van der Waals surface area (Å²) in [6.07, 6.45) is 2.68. The van der Waals surface area contributed by atoms with Gasteiger partial charge in [-0.15, -0.1) is 0 Å². The van der Waals surface area contributed by atoms with E-state index in [0.29, 0.717) is 12.0 Å². The fourth-order valence-electron chi connectivity index (χ4n) is 4.81. The molecule has 0 spiro atoms. The van der Waals surface area contributed by atoms with Crippen LogP contribution in [-0.4, -0.2) is 35.2 Å². The molecule has 8 nitrogen and oxygen atoms in total. The van der Waals surface area contributed by atoms with Gasteiger partial charge in [0.2, 0.25) is 0 Å². The van der Waals surface area contributed by atoms with Crippen LogP contribution >= 0.6 is 0 Å². The van der Waals surface area contributed by atoms with Gasteiger partial charge in [-0.2, -0.15) is 5.10 Å². The predicted molar refractivity (Wildman–Crippen MR) is 130 cm³/mol. The number of anilines is 1. The Kier molecular flexibility index (Phi) is 7.05. The van der Waals surface area contributed by atoms with Gasteiger partial charge < -0.3 is 9.64 Å². The van der Waals surface area contributed by atoms with Gasteiger partial charge in [0.25, 0.3) is 5.91 Å². The number of nitro groups is 1. The van der Waals surface area contributed by atoms with Crippen LogP contribution in [0.3, 0.4) is 0 Å². The minimum Gasteiger partial charge on any atom is -0.477 e. The monoisotopic (exact) mass is 452 g/mol. The molecule has 0 aromatic heterocycles. The lowest BCUT2D eigenvalue weighted by Gasteiger charge is -2.50. The Morgan fingerprint density at radius 1 is 1.36 bits per heavy atom. The summed E-state index contributed by atoms with van der Waals surface area (Å²) in [5.74, 6) is -0.0534. The highest BCUT2D eigenvalue weighted by Gasteiger charge is 2.37. The van der Waals surface area contributed by atoms with E-state index in [4.69, 9.17) is 4.74 Å². The lowest BCUT2D eigenvalue weighted by molar-refractivity contribution is -0.385. The molecule has 1 atom stereocenters. The van der Waals surface area contributed by atoms with Gasteiger partial charge in [0.15, 0.2) is 12.4 Å². The summed E-state index contributed by atoms with van der Waals surface area (Å²) in [5, 5.41) is 15.1. The van der Waals surface area contributed by atoms with Crippen LogP contribution in [0.5, 0.6) is 5.75 Å². The van der Waals surface area contributed by atoms with Gasteiger partial charge in [0, 0.05) is 23.3 Å². The molecule has 2 aromatic rings. The zero-order chi connectivity index (χ0) is 24.3. The standard InChI is InChI=1S/C25H32N4O4/c1-16(2)28-22-11-17(3)19(12-20(22)18(4)13-25(28,5)6)14-26-27-24(30)15-33-23-10-8-7-9-21(23)29(31)32/h7-12,14,16,18H,13,15H2,1-6H3,(H,27,30)/b26-14+/t18-/m1/s1. The van der Waals surface area contributed by atoms with E-state index < -0.39 is 10.8 Å². The maximum absolute atomic E-state index is 12.1. The second kappa shape index (κ2) is 9.60. The van der Waals surface area contributed by atoms with Crippen molar-refractivity contribution in [2.45, 2.75) is 65.5 Å². The fraction of sp³-hybridized carbons (Fsp3) is 0.440. The van der Waals surface area contributed by atoms with Crippen molar-refractivity contribution in [1.82, 2.24) is 5.43 Å². The number of amides is 1. The van der Waals surface area contributed by atoms with Crippen LogP contribution in [0.15, 0.2) is 41.5 Å². The van der Waals surface area contributed by atoms with Crippen LogP contribution < -0.4 is 15.1 Å². The van der Waals surface area contributed by atoms with Crippen LogP contribution in [-0.2, 0) is 4.79 Å². The number of nitro benzene ring substituents is 1. The highest BCUT2D eigenvalue weighted by molar-refractivity contribution is 5.86. The SMILES string of the molecule is Cc1cc2c(cc1/C=N/NC(=O)COc1ccccc1[N+](=O)[O-])[C@H](C)CC(C)(C)N2C(C)C. The minimum absolute atomic E-state index is 0.0405. The number of para-hydroxylation sites is 2. The van der Waals surface area contributed by atoms with Gasteiger partial charge >= 0.3 is 5.69 Å². The Balaban J connectivity index is 1.71. The van der Waals surface area contributed by atoms with E-state index in [1.54, 1.807) is 18.3 Å². The van der Waals surface area contributed by atoms with E-state index in [9.17, 15) is 14.9 Å². The second-order valence-corrected chi connectivity index (χ2v) is 9.46. The molecule has 3 rings (SSSR count). The third kappa shape index (κ3) is 5.32. The third-order valence-corrected chi connectivity index (χ3v) is 5.99. The summed E-state index contributed by atoms with van der Waals surface area (Å²) < 4.78 is 5.30. The zero-order valence-corrected chi connectivity index (χ0v) is 20.1. The number of hydrazone groups is 1. The van der Waals surface area contributed by atoms with Gasteiger partial charge in [0.05, 0.1) is 11.1 Å². The summed E-state index contributed by atoms with van der Waals surface area (Å²) >= 11 is 0. The van der Waals surface area contributed by atoms with E-state index in [1.807, 2.05) is 6.92 Å². The molecule has 0 saturated heterocycles. The van der Waals surface area contributed by atoms with Crippen molar-refractivity contribution in [3.05, 3.63) is 63.2 Å². The number of benzene rings is 2. The Morgan fingerprint density at radius 3 is 2.73 bits per heavy atom. The average Bonchev–Trinajstić information content (AvgIpc) is 2.72. The van der Waals surface area contributed by atoms with Gasteiger partial charge in [-0.3, -0.25) is 14.9 Å². The summed E-state index contributed by atoms with van der Waals surface area (Å²) in [5.41, 5.74) is 6.85. The van der Waals surface area contributed by atoms with Crippen molar-refractivity contribution in [3.8, 4) is 5.75 Å². The fourth-order valence-corrected chi connectivity index (χ4v) is 4.81. The highest BCUT2D eigenvalue weighted by Crippen LogP contribution is 2.45. The molecule has 0 saturated carbocycles. The number of ether oxygens (including phenoxy) is 1. The highest BCUT2D eigenvalue weighted by atomic mass is 16.6. The number of carbonyl (C=O) groups is 1. The van der Waals surface area contributed by atoms with Crippen molar-refractivity contribution in [2.24, 2.45) is 5.10 Å². The number of fused-ring (bicyclic) bond motifs is 1.